The van der Waals surface area contributed by atoms with Crippen molar-refractivity contribution in [1.29, 1.82) is 0 Å². The molecule has 0 amide bonds. The van der Waals surface area contributed by atoms with Crippen molar-refractivity contribution in [2.24, 2.45) is 0 Å². The first kappa shape index (κ1) is 17.7. The molecule has 0 fully saturated rings. The third kappa shape index (κ3) is 4.11. The van der Waals surface area contributed by atoms with Crippen LogP contribution in [0.15, 0.2) is 46.3 Å². The Bertz CT molecular complexity index is 885. The van der Waals surface area contributed by atoms with Gasteiger partial charge in [0.15, 0.2) is 23.1 Å². The minimum absolute atomic E-state index is 0.197. The smallest absolute Gasteiger partial charge is 0.166 e. The average molecular weight is 424 g/mol. The Labute approximate surface area is 157 Å². The van der Waals surface area contributed by atoms with Gasteiger partial charge in [-0.2, -0.15) is 0 Å². The predicted octanol–water partition coefficient (Wildman–Crippen LogP) is 5.31. The first-order chi connectivity index (χ1) is 12.1. The highest BCUT2D eigenvalue weighted by Gasteiger charge is 2.11. The molecule has 0 atom stereocenters. The normalized spacial score (nSPS) is 10.6. The summed E-state index contributed by atoms with van der Waals surface area (Å²) < 4.78 is 30.5. The van der Waals surface area contributed by atoms with Crippen LogP contribution in [0, 0.1) is 5.82 Å². The van der Waals surface area contributed by atoms with Crippen LogP contribution in [0.1, 0.15) is 5.69 Å². The van der Waals surface area contributed by atoms with Crippen LogP contribution in [-0.4, -0.2) is 19.2 Å². The van der Waals surface area contributed by atoms with Crippen LogP contribution in [0.2, 0.25) is 0 Å². The second-order valence-electron chi connectivity index (χ2n) is 5.08. The SMILES string of the molecule is COc1ccc(-c2nc(COc3ccc(Br)cc3F)cs2)cc1OC. The van der Waals surface area contributed by atoms with Gasteiger partial charge in [-0.15, -0.1) is 11.3 Å². The number of nitrogens with zero attached hydrogens (tertiary/aromatic N) is 1. The fourth-order valence-corrected chi connectivity index (χ4v) is 3.35. The van der Waals surface area contributed by atoms with Crippen LogP contribution in [0.4, 0.5) is 4.39 Å². The van der Waals surface area contributed by atoms with Crippen molar-refractivity contribution in [3.63, 3.8) is 0 Å². The molecule has 0 unspecified atom stereocenters. The third-order valence-corrected chi connectivity index (χ3v) is 4.89. The van der Waals surface area contributed by atoms with E-state index < -0.39 is 5.82 Å². The molecule has 0 radical (unpaired) electrons. The van der Waals surface area contributed by atoms with Gasteiger partial charge in [-0.3, -0.25) is 0 Å². The number of halogens is 2. The maximum absolute atomic E-state index is 13.8. The van der Waals surface area contributed by atoms with Crippen molar-refractivity contribution < 1.29 is 18.6 Å². The topological polar surface area (TPSA) is 40.6 Å². The Balaban J connectivity index is 1.74. The van der Waals surface area contributed by atoms with E-state index in [9.17, 15) is 4.39 Å². The Kier molecular flexibility index (Phi) is 5.55. The highest BCUT2D eigenvalue weighted by Crippen LogP contribution is 2.33. The minimum Gasteiger partial charge on any atom is -0.493 e. The lowest BCUT2D eigenvalue weighted by atomic mass is 10.2. The molecule has 4 nitrogen and oxygen atoms in total. The Morgan fingerprint density at radius 2 is 1.80 bits per heavy atom. The highest BCUT2D eigenvalue weighted by atomic mass is 79.9. The first-order valence-electron chi connectivity index (χ1n) is 7.35. The molecule has 0 saturated heterocycles. The quantitative estimate of drug-likeness (QED) is 0.538. The van der Waals surface area contributed by atoms with E-state index >= 15 is 0 Å². The zero-order chi connectivity index (χ0) is 17.8. The van der Waals surface area contributed by atoms with Crippen molar-refractivity contribution in [3.8, 4) is 27.8 Å². The number of rotatable bonds is 6. The zero-order valence-corrected chi connectivity index (χ0v) is 16.0. The number of ether oxygens (including phenoxy) is 3. The number of aromatic nitrogens is 1. The number of benzene rings is 2. The molecule has 0 saturated carbocycles. The van der Waals surface area contributed by atoms with E-state index in [4.69, 9.17) is 14.2 Å². The third-order valence-electron chi connectivity index (χ3n) is 3.45. The summed E-state index contributed by atoms with van der Waals surface area (Å²) in [5.41, 5.74) is 1.65. The summed E-state index contributed by atoms with van der Waals surface area (Å²) in [5, 5.41) is 2.72. The van der Waals surface area contributed by atoms with Gasteiger partial charge in [0.1, 0.15) is 11.6 Å². The molecule has 130 valence electrons. The molecule has 3 aromatic rings. The Hall–Kier alpha value is -2.12. The average Bonchev–Trinajstić information content (AvgIpc) is 3.09. The summed E-state index contributed by atoms with van der Waals surface area (Å²) in [7, 11) is 3.19. The van der Waals surface area contributed by atoms with Gasteiger partial charge in [-0.1, -0.05) is 15.9 Å². The minimum atomic E-state index is -0.412. The van der Waals surface area contributed by atoms with E-state index in [1.54, 1.807) is 26.4 Å². The molecule has 0 aliphatic rings. The van der Waals surface area contributed by atoms with E-state index in [0.29, 0.717) is 16.0 Å². The van der Waals surface area contributed by atoms with Crippen molar-refractivity contribution in [1.82, 2.24) is 4.98 Å². The van der Waals surface area contributed by atoms with Crippen LogP contribution in [0.25, 0.3) is 10.6 Å². The molecule has 0 spiro atoms. The Morgan fingerprint density at radius 3 is 2.52 bits per heavy atom. The maximum atomic E-state index is 13.8. The molecule has 0 bridgehead atoms. The summed E-state index contributed by atoms with van der Waals surface area (Å²) in [6.07, 6.45) is 0. The van der Waals surface area contributed by atoms with Gasteiger partial charge in [0.2, 0.25) is 0 Å². The standard InChI is InChI=1S/C18H15BrFNO3S/c1-22-16-5-3-11(7-17(16)23-2)18-21-13(10-25-18)9-24-15-6-4-12(19)8-14(15)20/h3-8,10H,9H2,1-2H3. The molecule has 0 N–H and O–H groups in total. The zero-order valence-electron chi connectivity index (χ0n) is 13.6. The molecular formula is C18H15BrFNO3S. The molecule has 1 heterocycles. The summed E-state index contributed by atoms with van der Waals surface area (Å²) in [6, 6.07) is 10.3. The largest absolute Gasteiger partial charge is 0.493 e. The van der Waals surface area contributed by atoms with Gasteiger partial charge in [-0.05, 0) is 36.4 Å². The molecular weight excluding hydrogens is 409 g/mol. The van der Waals surface area contributed by atoms with E-state index in [-0.39, 0.29) is 12.4 Å². The number of hydrogen-bond acceptors (Lipinski definition) is 5. The fourth-order valence-electron chi connectivity index (χ4n) is 2.22. The first-order valence-corrected chi connectivity index (χ1v) is 9.02. The van der Waals surface area contributed by atoms with Crippen molar-refractivity contribution in [2.45, 2.75) is 6.61 Å². The maximum Gasteiger partial charge on any atom is 0.166 e. The van der Waals surface area contributed by atoms with Crippen LogP contribution in [0.5, 0.6) is 17.2 Å². The summed E-state index contributed by atoms with van der Waals surface area (Å²) >= 11 is 4.71. The Morgan fingerprint density at radius 1 is 1.04 bits per heavy atom. The summed E-state index contributed by atoms with van der Waals surface area (Å²) in [4.78, 5) is 4.54. The van der Waals surface area contributed by atoms with Gasteiger partial charge in [0.25, 0.3) is 0 Å². The van der Waals surface area contributed by atoms with Crippen LogP contribution in [-0.2, 0) is 6.61 Å². The van der Waals surface area contributed by atoms with Crippen LogP contribution in [0.3, 0.4) is 0 Å². The van der Waals surface area contributed by atoms with Crippen LogP contribution < -0.4 is 14.2 Å². The van der Waals surface area contributed by atoms with Gasteiger partial charge in [0.05, 0.1) is 19.9 Å². The lowest BCUT2D eigenvalue weighted by Gasteiger charge is -2.08. The molecule has 3 rings (SSSR count). The summed E-state index contributed by atoms with van der Waals surface area (Å²) in [5.74, 6) is 1.09. The van der Waals surface area contributed by atoms with E-state index in [1.165, 1.54) is 17.4 Å². The summed E-state index contributed by atoms with van der Waals surface area (Å²) in [6.45, 7) is 0.197. The van der Waals surface area contributed by atoms with E-state index in [1.807, 2.05) is 23.6 Å². The van der Waals surface area contributed by atoms with E-state index in [0.717, 1.165) is 16.3 Å². The molecule has 0 aliphatic carbocycles. The molecule has 2 aromatic carbocycles. The van der Waals surface area contributed by atoms with Crippen molar-refractivity contribution in [2.75, 3.05) is 14.2 Å². The monoisotopic (exact) mass is 423 g/mol. The van der Waals surface area contributed by atoms with Crippen molar-refractivity contribution >= 4 is 27.3 Å². The highest BCUT2D eigenvalue weighted by molar-refractivity contribution is 9.10. The predicted molar refractivity (Wildman–Crippen MR) is 99.1 cm³/mol. The van der Waals surface area contributed by atoms with Gasteiger partial charge >= 0.3 is 0 Å². The van der Waals surface area contributed by atoms with Gasteiger partial charge < -0.3 is 14.2 Å². The lowest BCUT2D eigenvalue weighted by molar-refractivity contribution is 0.286. The molecule has 7 heteroatoms. The molecule has 1 aromatic heterocycles. The van der Waals surface area contributed by atoms with E-state index in [2.05, 4.69) is 20.9 Å². The molecule has 0 aliphatic heterocycles. The van der Waals surface area contributed by atoms with Gasteiger partial charge in [-0.25, -0.2) is 9.37 Å². The fraction of sp³-hybridized carbons (Fsp3) is 0.167. The van der Waals surface area contributed by atoms with Gasteiger partial charge in [0, 0.05) is 15.4 Å². The second-order valence-corrected chi connectivity index (χ2v) is 6.85. The number of hydrogen-bond donors (Lipinski definition) is 0. The molecule has 25 heavy (non-hydrogen) atoms. The lowest BCUT2D eigenvalue weighted by Crippen LogP contribution is -1.97. The second kappa shape index (κ2) is 7.84. The number of thiazole rings is 1. The van der Waals surface area contributed by atoms with Crippen LogP contribution >= 0.6 is 27.3 Å². The number of methoxy groups -OCH3 is 2. The van der Waals surface area contributed by atoms with Crippen molar-refractivity contribution in [3.05, 3.63) is 57.8 Å².